The van der Waals surface area contributed by atoms with Crippen molar-refractivity contribution in [3.8, 4) is 0 Å². The molecule has 1 aliphatic carbocycles. The number of nitrogens with one attached hydrogen (secondary N) is 1. The van der Waals surface area contributed by atoms with E-state index in [9.17, 15) is 0 Å². The zero-order chi connectivity index (χ0) is 11.4. The van der Waals surface area contributed by atoms with Crippen LogP contribution in [0.5, 0.6) is 0 Å². The second-order valence-electron chi connectivity index (χ2n) is 4.25. The molecule has 0 aliphatic heterocycles. The van der Waals surface area contributed by atoms with Crippen molar-refractivity contribution in [3.05, 3.63) is 24.0 Å². The molecule has 3 N–H and O–H groups in total. The third-order valence-electron chi connectivity index (χ3n) is 3.02. The Morgan fingerprint density at radius 2 is 2.25 bits per heavy atom. The Morgan fingerprint density at radius 3 is 2.94 bits per heavy atom. The van der Waals surface area contributed by atoms with Crippen LogP contribution in [0.3, 0.4) is 0 Å². The Labute approximate surface area is 100 Å². The molecule has 3 nitrogen and oxygen atoms in total. The van der Waals surface area contributed by atoms with E-state index in [1.807, 2.05) is 12.3 Å². The van der Waals surface area contributed by atoms with Crippen LogP contribution in [0.15, 0.2) is 23.4 Å². The van der Waals surface area contributed by atoms with Crippen LogP contribution in [0, 0.1) is 11.3 Å². The Hall–Kier alpha value is -1.03. The minimum absolute atomic E-state index is 0.135. The van der Waals surface area contributed by atoms with Gasteiger partial charge in [-0.25, -0.2) is 0 Å². The fraction of sp³-hybridized carbons (Fsp3) is 0.500. The molecule has 0 bridgehead atoms. The summed E-state index contributed by atoms with van der Waals surface area (Å²) in [5, 5.41) is 7.50. The molecular formula is C12H17N3S. The van der Waals surface area contributed by atoms with Crippen LogP contribution in [0.1, 0.15) is 31.2 Å². The summed E-state index contributed by atoms with van der Waals surface area (Å²) in [6.07, 6.45) is 8.95. The third-order valence-corrected chi connectivity index (χ3v) is 4.30. The fourth-order valence-electron chi connectivity index (χ4n) is 2.10. The van der Waals surface area contributed by atoms with Gasteiger partial charge in [0.1, 0.15) is 5.84 Å². The third kappa shape index (κ3) is 2.76. The average Bonchev–Trinajstić information content (AvgIpc) is 2.79. The molecule has 0 saturated heterocycles. The Kier molecular flexibility index (Phi) is 3.83. The average molecular weight is 235 g/mol. The van der Waals surface area contributed by atoms with E-state index in [1.165, 1.54) is 25.7 Å². The van der Waals surface area contributed by atoms with Crippen LogP contribution in [-0.2, 0) is 0 Å². The van der Waals surface area contributed by atoms with Crippen molar-refractivity contribution in [2.75, 3.05) is 5.75 Å². The zero-order valence-corrected chi connectivity index (χ0v) is 10.1. The number of nitrogens with zero attached hydrogens (tertiary/aromatic N) is 1. The molecule has 1 aliphatic rings. The standard InChI is InChI=1S/C12H17N3S/c13-12(14)10-5-6-15-7-11(10)16-8-9-3-1-2-4-9/h5-7,9H,1-4,8H2,(H3,13,14). The van der Waals surface area contributed by atoms with Crippen LogP contribution in [0.25, 0.3) is 0 Å². The van der Waals surface area contributed by atoms with E-state index in [0.717, 1.165) is 22.1 Å². The number of nitrogens with two attached hydrogens (primary N) is 1. The first-order chi connectivity index (χ1) is 7.77. The first-order valence-corrected chi connectivity index (χ1v) is 6.67. The molecule has 1 fully saturated rings. The van der Waals surface area contributed by atoms with E-state index in [2.05, 4.69) is 4.98 Å². The largest absolute Gasteiger partial charge is 0.384 e. The van der Waals surface area contributed by atoms with Crippen molar-refractivity contribution in [3.63, 3.8) is 0 Å². The first kappa shape index (κ1) is 11.5. The molecule has 0 spiro atoms. The second-order valence-corrected chi connectivity index (χ2v) is 5.31. The number of rotatable bonds is 4. The maximum Gasteiger partial charge on any atom is 0.124 e. The Bertz CT molecular complexity index is 372. The number of nitrogen functional groups attached to an aromatic ring is 1. The topological polar surface area (TPSA) is 62.8 Å². The molecule has 16 heavy (non-hydrogen) atoms. The summed E-state index contributed by atoms with van der Waals surface area (Å²) in [4.78, 5) is 5.14. The highest BCUT2D eigenvalue weighted by Gasteiger charge is 2.16. The van der Waals surface area contributed by atoms with Crippen molar-refractivity contribution in [2.45, 2.75) is 30.6 Å². The maximum absolute atomic E-state index is 7.50. The summed E-state index contributed by atoms with van der Waals surface area (Å²) in [6.45, 7) is 0. The molecule has 0 amide bonds. The summed E-state index contributed by atoms with van der Waals surface area (Å²) in [7, 11) is 0. The van der Waals surface area contributed by atoms with Gasteiger partial charge in [0, 0.05) is 28.6 Å². The quantitative estimate of drug-likeness (QED) is 0.479. The number of thioether (sulfide) groups is 1. The van der Waals surface area contributed by atoms with E-state index in [1.54, 1.807) is 18.0 Å². The number of aromatic nitrogens is 1. The van der Waals surface area contributed by atoms with Crippen molar-refractivity contribution in [1.29, 1.82) is 5.41 Å². The zero-order valence-electron chi connectivity index (χ0n) is 9.28. The van der Waals surface area contributed by atoms with Gasteiger partial charge in [-0.05, 0) is 24.8 Å². The van der Waals surface area contributed by atoms with Gasteiger partial charge in [-0.1, -0.05) is 12.8 Å². The smallest absolute Gasteiger partial charge is 0.124 e. The highest BCUT2D eigenvalue weighted by Crippen LogP contribution is 2.31. The van der Waals surface area contributed by atoms with Gasteiger partial charge < -0.3 is 5.73 Å². The lowest BCUT2D eigenvalue weighted by Crippen LogP contribution is -2.12. The monoisotopic (exact) mass is 235 g/mol. The van der Waals surface area contributed by atoms with Gasteiger partial charge >= 0.3 is 0 Å². The van der Waals surface area contributed by atoms with E-state index < -0.39 is 0 Å². The van der Waals surface area contributed by atoms with Gasteiger partial charge in [0.2, 0.25) is 0 Å². The van der Waals surface area contributed by atoms with Crippen LogP contribution >= 0.6 is 11.8 Å². The van der Waals surface area contributed by atoms with Crippen molar-refractivity contribution in [2.24, 2.45) is 11.7 Å². The normalized spacial score (nSPS) is 16.5. The summed E-state index contributed by atoms with van der Waals surface area (Å²) >= 11 is 1.79. The minimum atomic E-state index is 0.135. The van der Waals surface area contributed by atoms with E-state index in [4.69, 9.17) is 11.1 Å². The minimum Gasteiger partial charge on any atom is -0.384 e. The van der Waals surface area contributed by atoms with Crippen LogP contribution in [0.2, 0.25) is 0 Å². The summed E-state index contributed by atoms with van der Waals surface area (Å²) in [6, 6.07) is 1.82. The molecule has 2 rings (SSSR count). The lowest BCUT2D eigenvalue weighted by Gasteiger charge is -2.10. The summed E-state index contributed by atoms with van der Waals surface area (Å²) < 4.78 is 0. The van der Waals surface area contributed by atoms with E-state index in [0.29, 0.717) is 0 Å². The van der Waals surface area contributed by atoms with Gasteiger partial charge in [0.25, 0.3) is 0 Å². The van der Waals surface area contributed by atoms with Crippen LogP contribution in [-0.4, -0.2) is 16.6 Å². The predicted octanol–water partition coefficient (Wildman–Crippen LogP) is 2.65. The Balaban J connectivity index is 2.00. The predicted molar refractivity (Wildman–Crippen MR) is 67.9 cm³/mol. The number of amidine groups is 1. The highest BCUT2D eigenvalue weighted by molar-refractivity contribution is 7.99. The van der Waals surface area contributed by atoms with Gasteiger partial charge in [0.15, 0.2) is 0 Å². The number of hydrogen-bond donors (Lipinski definition) is 2. The van der Waals surface area contributed by atoms with Crippen LogP contribution < -0.4 is 5.73 Å². The molecule has 1 aromatic rings. The molecule has 4 heteroatoms. The molecule has 86 valence electrons. The summed E-state index contributed by atoms with van der Waals surface area (Å²) in [5.74, 6) is 2.10. The first-order valence-electron chi connectivity index (χ1n) is 5.68. The maximum atomic E-state index is 7.50. The lowest BCUT2D eigenvalue weighted by molar-refractivity contribution is 0.623. The second kappa shape index (κ2) is 5.34. The van der Waals surface area contributed by atoms with E-state index >= 15 is 0 Å². The van der Waals surface area contributed by atoms with Crippen molar-refractivity contribution >= 4 is 17.6 Å². The van der Waals surface area contributed by atoms with Crippen molar-refractivity contribution in [1.82, 2.24) is 4.98 Å². The van der Waals surface area contributed by atoms with Gasteiger partial charge in [0.05, 0.1) is 0 Å². The molecule has 0 atom stereocenters. The SMILES string of the molecule is N=C(N)c1ccncc1SCC1CCCC1. The van der Waals surface area contributed by atoms with Gasteiger partial charge in [-0.2, -0.15) is 0 Å². The molecule has 1 aromatic heterocycles. The fourth-order valence-corrected chi connectivity index (χ4v) is 3.32. The molecular weight excluding hydrogens is 218 g/mol. The highest BCUT2D eigenvalue weighted by atomic mass is 32.2. The molecule has 1 saturated carbocycles. The molecule has 1 heterocycles. The van der Waals surface area contributed by atoms with Gasteiger partial charge in [-0.15, -0.1) is 11.8 Å². The van der Waals surface area contributed by atoms with E-state index in [-0.39, 0.29) is 5.84 Å². The molecule has 0 unspecified atom stereocenters. The summed E-state index contributed by atoms with van der Waals surface area (Å²) in [5.41, 5.74) is 6.36. The van der Waals surface area contributed by atoms with Crippen molar-refractivity contribution < 1.29 is 0 Å². The molecule has 0 radical (unpaired) electrons. The van der Waals surface area contributed by atoms with Gasteiger partial charge in [-0.3, -0.25) is 10.4 Å². The molecule has 0 aromatic carbocycles. The lowest BCUT2D eigenvalue weighted by atomic mass is 10.1. The Morgan fingerprint density at radius 1 is 1.50 bits per heavy atom. The number of hydrogen-bond acceptors (Lipinski definition) is 3. The van der Waals surface area contributed by atoms with Crippen LogP contribution in [0.4, 0.5) is 0 Å². The number of pyridine rings is 1.